The van der Waals surface area contributed by atoms with Gasteiger partial charge in [0.1, 0.15) is 29.2 Å². The Labute approximate surface area is 149 Å². The number of halogens is 1. The Morgan fingerprint density at radius 2 is 2.12 bits per heavy atom. The van der Waals surface area contributed by atoms with Gasteiger partial charge in [0, 0.05) is 11.6 Å². The number of hydrogen-bond donors (Lipinski definition) is 2. The lowest BCUT2D eigenvalue weighted by Gasteiger charge is -2.39. The summed E-state index contributed by atoms with van der Waals surface area (Å²) >= 11 is 6.37. The first-order chi connectivity index (χ1) is 11.9. The fourth-order valence-corrected chi connectivity index (χ4v) is 4.31. The molecule has 2 aromatic rings. The van der Waals surface area contributed by atoms with E-state index in [1.807, 2.05) is 0 Å². The number of aromatic nitrogens is 3. The lowest BCUT2D eigenvalue weighted by Crippen LogP contribution is -2.54. The Bertz CT molecular complexity index is 925. The van der Waals surface area contributed by atoms with Gasteiger partial charge in [-0.25, -0.2) is 9.97 Å². The third-order valence-electron chi connectivity index (χ3n) is 5.38. The lowest BCUT2D eigenvalue weighted by atomic mass is 9.81. The van der Waals surface area contributed by atoms with E-state index < -0.39 is 5.66 Å². The van der Waals surface area contributed by atoms with Crippen LogP contribution in [0.2, 0.25) is 5.02 Å². The summed E-state index contributed by atoms with van der Waals surface area (Å²) in [7, 11) is 0. The zero-order valence-corrected chi connectivity index (χ0v) is 14.7. The summed E-state index contributed by atoms with van der Waals surface area (Å²) < 4.78 is 1.55. The highest BCUT2D eigenvalue weighted by molar-refractivity contribution is 6.34. The molecule has 1 spiro atoms. The van der Waals surface area contributed by atoms with Crippen molar-refractivity contribution in [3.63, 3.8) is 0 Å². The molecule has 130 valence electrons. The van der Waals surface area contributed by atoms with Crippen LogP contribution in [0.5, 0.6) is 0 Å². The summed E-state index contributed by atoms with van der Waals surface area (Å²) in [4.78, 5) is 33.7. The maximum absolute atomic E-state index is 13.2. The van der Waals surface area contributed by atoms with Crippen molar-refractivity contribution in [2.45, 2.75) is 38.8 Å². The van der Waals surface area contributed by atoms with Gasteiger partial charge in [0.05, 0.1) is 5.02 Å². The average Bonchev–Trinajstić information content (AvgIpc) is 3.03. The summed E-state index contributed by atoms with van der Waals surface area (Å²) in [5.74, 6) is 0.186. The molecule has 0 bridgehead atoms. The van der Waals surface area contributed by atoms with Crippen molar-refractivity contribution < 1.29 is 4.79 Å². The van der Waals surface area contributed by atoms with Gasteiger partial charge in [0.25, 0.3) is 11.5 Å². The molecule has 2 aliphatic rings. The van der Waals surface area contributed by atoms with Gasteiger partial charge in [-0.1, -0.05) is 25.4 Å². The molecule has 8 heteroatoms. The van der Waals surface area contributed by atoms with Crippen LogP contribution in [0.1, 0.15) is 43.6 Å². The van der Waals surface area contributed by atoms with E-state index in [-0.39, 0.29) is 33.3 Å². The minimum Gasteiger partial charge on any atom is -0.336 e. The van der Waals surface area contributed by atoms with Crippen LogP contribution in [-0.4, -0.2) is 20.4 Å². The zero-order chi connectivity index (χ0) is 17.8. The molecule has 7 nitrogen and oxygen atoms in total. The topological polar surface area (TPSA) is 88.9 Å². The Morgan fingerprint density at radius 3 is 2.76 bits per heavy atom. The predicted octanol–water partition coefficient (Wildman–Crippen LogP) is 2.64. The molecule has 1 aliphatic heterocycles. The molecule has 1 aliphatic carbocycles. The normalized spacial score (nSPS) is 23.6. The molecule has 4 rings (SSSR count). The lowest BCUT2D eigenvalue weighted by molar-refractivity contribution is 0.0719. The summed E-state index contributed by atoms with van der Waals surface area (Å²) in [6.07, 6.45) is 5.52. The van der Waals surface area contributed by atoms with Crippen LogP contribution in [0.4, 0.5) is 11.5 Å². The van der Waals surface area contributed by atoms with Crippen LogP contribution in [0.3, 0.4) is 0 Å². The molecule has 1 amide bonds. The predicted molar refractivity (Wildman–Crippen MR) is 94.1 cm³/mol. The second-order valence-corrected chi connectivity index (χ2v) is 7.57. The molecule has 1 fully saturated rings. The van der Waals surface area contributed by atoms with E-state index in [1.165, 1.54) is 12.4 Å². The highest BCUT2D eigenvalue weighted by Crippen LogP contribution is 2.51. The van der Waals surface area contributed by atoms with Crippen molar-refractivity contribution in [3.8, 4) is 0 Å². The SMILES string of the molecule is CC1(C)CCCC12NC(=O)c1c(Cl)cc(Nc3ccncn3)c(=O)n12. The van der Waals surface area contributed by atoms with Crippen molar-refractivity contribution in [2.24, 2.45) is 5.41 Å². The van der Waals surface area contributed by atoms with Crippen LogP contribution in [-0.2, 0) is 5.66 Å². The first kappa shape index (κ1) is 16.1. The second kappa shape index (κ2) is 5.29. The quantitative estimate of drug-likeness (QED) is 0.860. The fraction of sp³-hybridized carbons (Fsp3) is 0.412. The van der Waals surface area contributed by atoms with E-state index >= 15 is 0 Å². The number of nitrogens with zero attached hydrogens (tertiary/aromatic N) is 3. The number of amides is 1. The van der Waals surface area contributed by atoms with Crippen molar-refractivity contribution in [1.82, 2.24) is 19.9 Å². The largest absolute Gasteiger partial charge is 0.336 e. The first-order valence-corrected chi connectivity index (χ1v) is 8.55. The Balaban J connectivity index is 1.92. The van der Waals surface area contributed by atoms with Crippen molar-refractivity contribution in [2.75, 3.05) is 5.32 Å². The minimum absolute atomic E-state index is 0.231. The smallest absolute Gasteiger partial charge is 0.276 e. The Kier molecular flexibility index (Phi) is 3.40. The number of hydrogen-bond acceptors (Lipinski definition) is 5. The number of fused-ring (bicyclic) bond motifs is 2. The van der Waals surface area contributed by atoms with E-state index in [0.29, 0.717) is 12.2 Å². The molecule has 0 aromatic carbocycles. The van der Waals surface area contributed by atoms with Crippen LogP contribution < -0.4 is 16.2 Å². The Hall–Kier alpha value is -2.41. The maximum atomic E-state index is 13.2. The zero-order valence-electron chi connectivity index (χ0n) is 14.0. The molecule has 2 N–H and O–H groups in total. The Morgan fingerprint density at radius 1 is 1.32 bits per heavy atom. The van der Waals surface area contributed by atoms with Gasteiger partial charge in [-0.2, -0.15) is 0 Å². The van der Waals surface area contributed by atoms with Crippen molar-refractivity contribution in [1.29, 1.82) is 0 Å². The van der Waals surface area contributed by atoms with E-state index in [2.05, 4.69) is 34.4 Å². The van der Waals surface area contributed by atoms with Crippen molar-refractivity contribution in [3.05, 3.63) is 45.7 Å². The first-order valence-electron chi connectivity index (χ1n) is 8.17. The van der Waals surface area contributed by atoms with Gasteiger partial charge in [-0.15, -0.1) is 0 Å². The van der Waals surface area contributed by atoms with Gasteiger partial charge in [-0.3, -0.25) is 14.2 Å². The monoisotopic (exact) mass is 359 g/mol. The van der Waals surface area contributed by atoms with Gasteiger partial charge >= 0.3 is 0 Å². The molecule has 1 atom stereocenters. The molecule has 3 heterocycles. The number of carbonyl (C=O) groups is 1. The van der Waals surface area contributed by atoms with E-state index in [0.717, 1.165) is 12.8 Å². The standard InChI is InChI=1S/C17H18ClN5O2/c1-16(2)5-3-6-17(16)22-14(24)13-10(18)8-11(15(25)23(13)17)21-12-4-7-19-9-20-12/h4,7-9H,3,5-6H2,1-2H3,(H,22,24)(H,19,20,21). The molecular formula is C17H18ClN5O2. The van der Waals surface area contributed by atoms with Crippen LogP contribution in [0.15, 0.2) is 29.5 Å². The number of rotatable bonds is 2. The highest BCUT2D eigenvalue weighted by atomic mass is 35.5. The third kappa shape index (κ3) is 2.18. The summed E-state index contributed by atoms with van der Waals surface area (Å²) in [5, 5.41) is 6.27. The van der Waals surface area contributed by atoms with Gasteiger partial charge in [0.15, 0.2) is 0 Å². The maximum Gasteiger partial charge on any atom is 0.276 e. The molecule has 2 aromatic heterocycles. The van der Waals surface area contributed by atoms with Gasteiger partial charge in [-0.05, 0) is 31.4 Å². The molecule has 0 saturated heterocycles. The van der Waals surface area contributed by atoms with Crippen molar-refractivity contribution >= 4 is 29.0 Å². The van der Waals surface area contributed by atoms with E-state index in [1.54, 1.807) is 16.8 Å². The molecular weight excluding hydrogens is 342 g/mol. The van der Waals surface area contributed by atoms with E-state index in [9.17, 15) is 9.59 Å². The van der Waals surface area contributed by atoms with Crippen LogP contribution >= 0.6 is 11.6 Å². The summed E-state index contributed by atoms with van der Waals surface area (Å²) in [6.45, 7) is 4.14. The number of pyridine rings is 1. The summed E-state index contributed by atoms with van der Waals surface area (Å²) in [6, 6.07) is 3.14. The number of anilines is 2. The van der Waals surface area contributed by atoms with Gasteiger partial charge in [0.2, 0.25) is 0 Å². The average molecular weight is 360 g/mol. The molecule has 1 unspecified atom stereocenters. The molecule has 1 saturated carbocycles. The fourth-order valence-electron chi connectivity index (χ4n) is 4.03. The number of nitrogens with one attached hydrogen (secondary N) is 2. The molecule has 0 radical (unpaired) electrons. The van der Waals surface area contributed by atoms with Gasteiger partial charge < -0.3 is 10.6 Å². The minimum atomic E-state index is -0.747. The van der Waals surface area contributed by atoms with Crippen LogP contribution in [0, 0.1) is 5.41 Å². The highest BCUT2D eigenvalue weighted by Gasteiger charge is 2.57. The van der Waals surface area contributed by atoms with Crippen LogP contribution in [0.25, 0.3) is 0 Å². The molecule has 25 heavy (non-hydrogen) atoms. The summed E-state index contributed by atoms with van der Waals surface area (Å²) in [5.41, 5.74) is -0.773. The third-order valence-corrected chi connectivity index (χ3v) is 5.66. The number of carbonyl (C=O) groups excluding carboxylic acids is 1. The van der Waals surface area contributed by atoms with E-state index in [4.69, 9.17) is 11.6 Å². The second-order valence-electron chi connectivity index (χ2n) is 7.17.